The second-order valence-electron chi connectivity index (χ2n) is 4.27. The second-order valence-corrected chi connectivity index (χ2v) is 7.56. The van der Waals surface area contributed by atoms with E-state index in [4.69, 9.17) is 0 Å². The second kappa shape index (κ2) is 6.29. The van der Waals surface area contributed by atoms with Crippen LogP contribution >= 0.6 is 11.3 Å². The Morgan fingerprint density at radius 2 is 1.85 bits per heavy atom. The molecule has 0 atom stereocenters. The smallest absolute Gasteiger partial charge is 0.250 e. The van der Waals surface area contributed by atoms with Gasteiger partial charge in [0.1, 0.15) is 4.21 Å². The molecule has 2 aromatic heterocycles. The summed E-state index contributed by atoms with van der Waals surface area (Å²) in [5.41, 5.74) is 0.976. The van der Waals surface area contributed by atoms with Crippen LogP contribution in [0.4, 0.5) is 5.95 Å². The lowest BCUT2D eigenvalue weighted by Gasteiger charge is -2.06. The van der Waals surface area contributed by atoms with E-state index in [1.54, 1.807) is 24.5 Å². The lowest BCUT2D eigenvalue weighted by Crippen LogP contribution is -2.28. The molecule has 2 N–H and O–H groups in total. The first-order chi connectivity index (χ1) is 9.47. The molecule has 108 valence electrons. The summed E-state index contributed by atoms with van der Waals surface area (Å²) in [5.74, 6) is 0.488. The van der Waals surface area contributed by atoms with E-state index >= 15 is 0 Å². The van der Waals surface area contributed by atoms with Gasteiger partial charge in [0, 0.05) is 30.4 Å². The molecule has 0 unspecified atom stereocenters. The normalized spacial score (nSPS) is 11.5. The van der Waals surface area contributed by atoms with Crippen molar-refractivity contribution in [3.05, 3.63) is 35.0 Å². The third kappa shape index (κ3) is 3.99. The maximum absolute atomic E-state index is 11.9. The zero-order valence-corrected chi connectivity index (χ0v) is 12.9. The van der Waals surface area contributed by atoms with Crippen LogP contribution in [0, 0.1) is 13.8 Å². The van der Waals surface area contributed by atoms with Gasteiger partial charge in [0.2, 0.25) is 16.0 Å². The van der Waals surface area contributed by atoms with Crippen molar-refractivity contribution in [1.29, 1.82) is 0 Å². The molecule has 0 radical (unpaired) electrons. The van der Waals surface area contributed by atoms with Gasteiger partial charge in [-0.05, 0) is 31.5 Å². The Morgan fingerprint density at radius 3 is 2.45 bits per heavy atom. The van der Waals surface area contributed by atoms with E-state index in [1.807, 2.05) is 13.8 Å². The van der Waals surface area contributed by atoms with Crippen LogP contribution in [0.15, 0.2) is 28.7 Å². The van der Waals surface area contributed by atoms with Gasteiger partial charge >= 0.3 is 0 Å². The van der Waals surface area contributed by atoms with E-state index in [-0.39, 0.29) is 6.54 Å². The Hall–Kier alpha value is -1.51. The van der Waals surface area contributed by atoms with Gasteiger partial charge in [-0.15, -0.1) is 11.3 Å². The highest BCUT2D eigenvalue weighted by atomic mass is 32.2. The van der Waals surface area contributed by atoms with Crippen molar-refractivity contribution in [1.82, 2.24) is 14.7 Å². The van der Waals surface area contributed by atoms with Crippen molar-refractivity contribution < 1.29 is 8.42 Å². The number of nitrogens with zero attached hydrogens (tertiary/aromatic N) is 2. The van der Waals surface area contributed by atoms with Gasteiger partial charge < -0.3 is 5.32 Å². The number of anilines is 1. The lowest BCUT2D eigenvalue weighted by atomic mass is 10.4. The molecule has 6 nitrogen and oxygen atoms in total. The van der Waals surface area contributed by atoms with Crippen molar-refractivity contribution in [3.63, 3.8) is 0 Å². The van der Waals surface area contributed by atoms with E-state index in [9.17, 15) is 8.42 Å². The first-order valence-electron chi connectivity index (χ1n) is 6.06. The van der Waals surface area contributed by atoms with Crippen LogP contribution in [-0.2, 0) is 10.0 Å². The summed E-state index contributed by atoms with van der Waals surface area (Å²) in [4.78, 5) is 9.12. The number of nitrogens with one attached hydrogen (secondary N) is 2. The highest BCUT2D eigenvalue weighted by Crippen LogP contribution is 2.19. The molecule has 2 aromatic rings. The molecular formula is C12H16N4O2S2. The molecule has 0 spiro atoms. The standard InChI is InChI=1S/C12H16N4O2S2/c1-9-7-14-12(15-8-9)13-5-6-16-20(17,18)11-4-3-10(2)19-11/h3-4,7-8,16H,5-6H2,1-2H3,(H,13,14,15). The first kappa shape index (κ1) is 14.9. The maximum atomic E-state index is 11.9. The van der Waals surface area contributed by atoms with Crippen molar-refractivity contribution in [2.24, 2.45) is 0 Å². The van der Waals surface area contributed by atoms with Gasteiger partial charge in [-0.25, -0.2) is 23.1 Å². The molecule has 8 heteroatoms. The quantitative estimate of drug-likeness (QED) is 0.791. The van der Waals surface area contributed by atoms with Crippen LogP contribution < -0.4 is 10.0 Å². The minimum atomic E-state index is -3.41. The number of thiophene rings is 1. The number of aromatic nitrogens is 2. The molecule has 0 aliphatic rings. The van der Waals surface area contributed by atoms with Crippen LogP contribution in [0.2, 0.25) is 0 Å². The van der Waals surface area contributed by atoms with Crippen molar-refractivity contribution in [2.45, 2.75) is 18.1 Å². The topological polar surface area (TPSA) is 84.0 Å². The molecule has 0 aliphatic heterocycles. The summed E-state index contributed by atoms with van der Waals surface area (Å²) in [6.07, 6.45) is 3.40. The minimum absolute atomic E-state index is 0.274. The zero-order chi connectivity index (χ0) is 14.6. The first-order valence-corrected chi connectivity index (χ1v) is 8.36. The monoisotopic (exact) mass is 312 g/mol. The molecule has 0 amide bonds. The molecule has 0 aliphatic carbocycles. The fraction of sp³-hybridized carbons (Fsp3) is 0.333. The van der Waals surface area contributed by atoms with E-state index in [1.165, 1.54) is 11.3 Å². The molecule has 20 heavy (non-hydrogen) atoms. The summed E-state index contributed by atoms with van der Waals surface area (Å²) >= 11 is 1.26. The fourth-order valence-corrected chi connectivity index (χ4v) is 3.83. The third-order valence-electron chi connectivity index (χ3n) is 2.46. The molecule has 2 heterocycles. The van der Waals surface area contributed by atoms with Crippen LogP contribution in [0.1, 0.15) is 10.4 Å². The average molecular weight is 312 g/mol. The van der Waals surface area contributed by atoms with Crippen molar-refractivity contribution in [3.8, 4) is 0 Å². The summed E-state index contributed by atoms with van der Waals surface area (Å²) in [5, 5.41) is 2.96. The zero-order valence-electron chi connectivity index (χ0n) is 11.3. The minimum Gasteiger partial charge on any atom is -0.353 e. The van der Waals surface area contributed by atoms with Gasteiger partial charge in [-0.1, -0.05) is 0 Å². The van der Waals surface area contributed by atoms with Crippen LogP contribution in [-0.4, -0.2) is 31.5 Å². The number of rotatable bonds is 6. The Kier molecular flexibility index (Phi) is 4.69. The molecule has 0 aromatic carbocycles. The average Bonchev–Trinajstić information content (AvgIpc) is 2.84. The fourth-order valence-electron chi connectivity index (χ4n) is 1.47. The summed E-state index contributed by atoms with van der Waals surface area (Å²) in [7, 11) is -3.41. The Bertz CT molecular complexity index is 665. The van der Waals surface area contributed by atoms with Crippen LogP contribution in [0.25, 0.3) is 0 Å². The molecule has 0 fully saturated rings. The number of hydrogen-bond donors (Lipinski definition) is 2. The summed E-state index contributed by atoms with van der Waals surface area (Å²) < 4.78 is 26.8. The molecule has 0 bridgehead atoms. The third-order valence-corrected chi connectivity index (χ3v) is 5.42. The predicted molar refractivity (Wildman–Crippen MR) is 79.5 cm³/mol. The van der Waals surface area contributed by atoms with Gasteiger partial charge in [0.15, 0.2) is 0 Å². The Labute approximate surface area is 122 Å². The maximum Gasteiger partial charge on any atom is 0.250 e. The number of sulfonamides is 1. The van der Waals surface area contributed by atoms with Gasteiger partial charge in [0.25, 0.3) is 0 Å². The van der Waals surface area contributed by atoms with E-state index in [0.29, 0.717) is 16.7 Å². The SMILES string of the molecule is Cc1cnc(NCCNS(=O)(=O)c2ccc(C)s2)nc1. The number of hydrogen-bond acceptors (Lipinski definition) is 6. The molecular weight excluding hydrogens is 296 g/mol. The Balaban J connectivity index is 1.82. The summed E-state index contributed by atoms with van der Waals surface area (Å²) in [6, 6.07) is 3.40. The van der Waals surface area contributed by atoms with E-state index < -0.39 is 10.0 Å². The predicted octanol–water partition coefficient (Wildman–Crippen LogP) is 1.55. The lowest BCUT2D eigenvalue weighted by molar-refractivity contribution is 0.585. The van der Waals surface area contributed by atoms with Gasteiger partial charge in [-0.3, -0.25) is 0 Å². The summed E-state index contributed by atoms with van der Waals surface area (Å²) in [6.45, 7) is 4.48. The van der Waals surface area contributed by atoms with Crippen molar-refractivity contribution in [2.75, 3.05) is 18.4 Å². The number of aryl methyl sites for hydroxylation is 2. The highest BCUT2D eigenvalue weighted by molar-refractivity contribution is 7.91. The van der Waals surface area contributed by atoms with Crippen molar-refractivity contribution >= 4 is 27.3 Å². The molecule has 0 saturated heterocycles. The van der Waals surface area contributed by atoms with E-state index in [2.05, 4.69) is 20.0 Å². The molecule has 0 saturated carbocycles. The Morgan fingerprint density at radius 1 is 1.15 bits per heavy atom. The largest absolute Gasteiger partial charge is 0.353 e. The van der Waals surface area contributed by atoms with Crippen LogP contribution in [0.3, 0.4) is 0 Å². The van der Waals surface area contributed by atoms with Gasteiger partial charge in [-0.2, -0.15) is 0 Å². The highest BCUT2D eigenvalue weighted by Gasteiger charge is 2.14. The van der Waals surface area contributed by atoms with Crippen LogP contribution in [0.5, 0.6) is 0 Å². The molecule has 2 rings (SSSR count). The van der Waals surface area contributed by atoms with Gasteiger partial charge in [0.05, 0.1) is 0 Å². The van der Waals surface area contributed by atoms with E-state index in [0.717, 1.165) is 10.4 Å².